The van der Waals surface area contributed by atoms with E-state index >= 15 is 0 Å². The van der Waals surface area contributed by atoms with Crippen LogP contribution in [0, 0.1) is 17.1 Å². The van der Waals surface area contributed by atoms with E-state index in [0.29, 0.717) is 34.5 Å². The van der Waals surface area contributed by atoms with Crippen LogP contribution in [-0.2, 0) is 30.6 Å². The molecule has 8 nitrogen and oxygen atoms in total. The normalized spacial score (nSPS) is 12.4. The Balaban J connectivity index is 1.35. The van der Waals surface area contributed by atoms with E-state index in [1.165, 1.54) is 46.2 Å². The fourth-order valence-electron chi connectivity index (χ4n) is 4.02. The van der Waals surface area contributed by atoms with Crippen LogP contribution in [0.4, 0.5) is 9.39 Å². The molecule has 2 aromatic heterocycles. The lowest BCUT2D eigenvalue weighted by molar-refractivity contribution is -0.113. The van der Waals surface area contributed by atoms with Gasteiger partial charge in [0.25, 0.3) is 5.91 Å². The number of benzene rings is 1. The van der Waals surface area contributed by atoms with Gasteiger partial charge in [-0.05, 0) is 43.4 Å². The van der Waals surface area contributed by atoms with Crippen LogP contribution >= 0.6 is 23.1 Å². The van der Waals surface area contributed by atoms with Crippen LogP contribution in [0.15, 0.2) is 42.1 Å². The minimum absolute atomic E-state index is 0.0153. The maximum absolute atomic E-state index is 13.8. The third kappa shape index (κ3) is 5.83. The van der Waals surface area contributed by atoms with Crippen molar-refractivity contribution in [3.63, 3.8) is 0 Å². The topological polar surface area (TPSA) is 113 Å². The van der Waals surface area contributed by atoms with Gasteiger partial charge in [0, 0.05) is 24.4 Å². The summed E-state index contributed by atoms with van der Waals surface area (Å²) >= 11 is 2.73. The van der Waals surface area contributed by atoms with Gasteiger partial charge in [0.2, 0.25) is 5.91 Å². The average Bonchev–Trinajstić information content (AvgIpc) is 3.43. The Kier molecular flexibility index (Phi) is 8.51. The summed E-state index contributed by atoms with van der Waals surface area (Å²) in [6.07, 6.45) is 6.08. The van der Waals surface area contributed by atoms with Gasteiger partial charge in [0.05, 0.1) is 16.9 Å². The summed E-state index contributed by atoms with van der Waals surface area (Å²) in [6.45, 7) is 4.45. The number of aromatic nitrogens is 3. The van der Waals surface area contributed by atoms with E-state index in [4.69, 9.17) is 0 Å². The number of fused-ring (bicyclic) bond motifs is 1. The van der Waals surface area contributed by atoms with Gasteiger partial charge >= 0.3 is 0 Å². The number of nitrogens with one attached hydrogen (secondary N) is 2. The minimum Gasteiger partial charge on any atom is -0.351 e. The molecule has 2 amide bonds. The van der Waals surface area contributed by atoms with Gasteiger partial charge in [-0.2, -0.15) is 5.26 Å². The molecule has 0 radical (unpaired) electrons. The van der Waals surface area contributed by atoms with Crippen LogP contribution in [0.5, 0.6) is 0 Å². The van der Waals surface area contributed by atoms with Crippen LogP contribution < -0.4 is 10.6 Å². The molecule has 3 aromatic rings. The maximum Gasteiger partial charge on any atom is 0.254 e. The van der Waals surface area contributed by atoms with Gasteiger partial charge in [0.1, 0.15) is 22.7 Å². The van der Waals surface area contributed by atoms with Crippen molar-refractivity contribution in [2.24, 2.45) is 0 Å². The molecule has 0 fully saturated rings. The molecular formula is C25H25FN6O2S2. The molecule has 0 saturated carbocycles. The summed E-state index contributed by atoms with van der Waals surface area (Å²) in [5, 5.41) is 24.7. The number of nitrogens with zero attached hydrogens (tertiary/aromatic N) is 4. The molecule has 2 heterocycles. The zero-order chi connectivity index (χ0) is 25.5. The number of aryl methyl sites for hydroxylation is 1. The number of hydrogen-bond donors (Lipinski definition) is 2. The van der Waals surface area contributed by atoms with E-state index in [2.05, 4.69) is 33.5 Å². The third-order valence-corrected chi connectivity index (χ3v) is 7.90. The lowest BCUT2D eigenvalue weighted by atomic mass is 9.96. The number of amides is 2. The zero-order valence-corrected chi connectivity index (χ0v) is 21.2. The van der Waals surface area contributed by atoms with E-state index in [0.717, 1.165) is 31.2 Å². The third-order valence-electron chi connectivity index (χ3n) is 5.73. The zero-order valence-electron chi connectivity index (χ0n) is 19.6. The van der Waals surface area contributed by atoms with E-state index in [-0.39, 0.29) is 23.8 Å². The largest absolute Gasteiger partial charge is 0.351 e. The lowest BCUT2D eigenvalue weighted by Crippen LogP contribution is -2.27. The number of halogens is 1. The molecule has 11 heteroatoms. The first-order valence-electron chi connectivity index (χ1n) is 11.5. The van der Waals surface area contributed by atoms with E-state index in [9.17, 15) is 19.2 Å². The van der Waals surface area contributed by atoms with Crippen molar-refractivity contribution in [1.82, 2.24) is 20.1 Å². The highest BCUT2D eigenvalue weighted by molar-refractivity contribution is 7.99. The van der Waals surface area contributed by atoms with Crippen molar-refractivity contribution >= 4 is 39.9 Å². The first-order valence-corrected chi connectivity index (χ1v) is 13.3. The highest BCUT2D eigenvalue weighted by atomic mass is 32.2. The summed E-state index contributed by atoms with van der Waals surface area (Å²) in [5.74, 6) is -0.578. The fraction of sp³-hybridized carbons (Fsp3) is 0.320. The SMILES string of the molecule is C=CCn1c(CCNC(=O)c2ccccc2F)nnc1SCC(=O)Nc1sc2c(c1C#N)CCCC2. The van der Waals surface area contributed by atoms with Crippen molar-refractivity contribution in [3.05, 3.63) is 70.1 Å². The second-order valence-electron chi connectivity index (χ2n) is 8.15. The molecule has 1 aliphatic carbocycles. The van der Waals surface area contributed by atoms with Crippen molar-refractivity contribution in [2.45, 2.75) is 43.8 Å². The van der Waals surface area contributed by atoms with Crippen molar-refractivity contribution in [2.75, 3.05) is 17.6 Å². The number of carbonyl (C=O) groups excluding carboxylic acids is 2. The lowest BCUT2D eigenvalue weighted by Gasteiger charge is -2.09. The van der Waals surface area contributed by atoms with Crippen molar-refractivity contribution < 1.29 is 14.0 Å². The Morgan fingerprint density at radius 2 is 2.08 bits per heavy atom. The summed E-state index contributed by atoms with van der Waals surface area (Å²) in [5.41, 5.74) is 1.65. The summed E-state index contributed by atoms with van der Waals surface area (Å²) in [7, 11) is 0. The molecule has 0 unspecified atom stereocenters. The van der Waals surface area contributed by atoms with Crippen LogP contribution in [0.1, 0.15) is 45.0 Å². The second kappa shape index (κ2) is 12.0. The molecule has 186 valence electrons. The smallest absolute Gasteiger partial charge is 0.254 e. The molecule has 0 saturated heterocycles. The molecule has 0 atom stereocenters. The van der Waals surface area contributed by atoms with Gasteiger partial charge in [-0.15, -0.1) is 28.1 Å². The predicted octanol–water partition coefficient (Wildman–Crippen LogP) is 4.12. The Hall–Kier alpha value is -3.49. The van der Waals surface area contributed by atoms with E-state index < -0.39 is 11.7 Å². The number of thioether (sulfide) groups is 1. The quantitative estimate of drug-likeness (QED) is 0.305. The summed E-state index contributed by atoms with van der Waals surface area (Å²) < 4.78 is 15.6. The molecule has 1 aromatic carbocycles. The van der Waals surface area contributed by atoms with Crippen LogP contribution in [0.2, 0.25) is 0 Å². The fourth-order valence-corrected chi connectivity index (χ4v) is 6.04. The molecule has 0 spiro atoms. The number of anilines is 1. The second-order valence-corrected chi connectivity index (χ2v) is 10.2. The Morgan fingerprint density at radius 1 is 1.28 bits per heavy atom. The van der Waals surface area contributed by atoms with E-state index in [1.807, 2.05) is 4.57 Å². The minimum atomic E-state index is -0.577. The highest BCUT2D eigenvalue weighted by Gasteiger charge is 2.22. The van der Waals surface area contributed by atoms with Gasteiger partial charge in [0.15, 0.2) is 5.16 Å². The number of carbonyl (C=O) groups is 2. The molecular weight excluding hydrogens is 499 g/mol. The number of rotatable bonds is 10. The Morgan fingerprint density at radius 3 is 2.86 bits per heavy atom. The monoisotopic (exact) mass is 524 g/mol. The number of hydrogen-bond acceptors (Lipinski definition) is 7. The number of allylic oxidation sites excluding steroid dienone is 1. The van der Waals surface area contributed by atoms with Gasteiger partial charge in [-0.3, -0.25) is 9.59 Å². The molecule has 0 bridgehead atoms. The van der Waals surface area contributed by atoms with Gasteiger partial charge in [-0.1, -0.05) is 30.0 Å². The first kappa shape index (κ1) is 25.6. The standard InChI is InChI=1S/C25H25FN6O2S2/c1-2-13-32-21(11-12-28-23(34)17-8-3-5-9-19(17)26)30-31-25(32)35-15-22(33)29-24-18(14-27)16-7-4-6-10-20(16)36-24/h2-3,5,8-9H,1,4,6-7,10-13,15H2,(H,28,34)(H,29,33). The number of nitriles is 1. The number of thiophene rings is 1. The summed E-state index contributed by atoms with van der Waals surface area (Å²) in [6, 6.07) is 8.05. The Bertz CT molecular complexity index is 1330. The van der Waals surface area contributed by atoms with Gasteiger partial charge < -0.3 is 15.2 Å². The molecule has 1 aliphatic rings. The van der Waals surface area contributed by atoms with Crippen LogP contribution in [-0.4, -0.2) is 38.9 Å². The van der Waals surface area contributed by atoms with Crippen molar-refractivity contribution in [3.8, 4) is 6.07 Å². The van der Waals surface area contributed by atoms with Gasteiger partial charge in [-0.25, -0.2) is 4.39 Å². The highest BCUT2D eigenvalue weighted by Crippen LogP contribution is 2.37. The Labute approximate surface area is 216 Å². The predicted molar refractivity (Wildman–Crippen MR) is 138 cm³/mol. The summed E-state index contributed by atoms with van der Waals surface area (Å²) in [4.78, 5) is 26.1. The molecule has 0 aliphatic heterocycles. The average molecular weight is 525 g/mol. The first-order chi connectivity index (χ1) is 17.5. The molecule has 2 N–H and O–H groups in total. The molecule has 4 rings (SSSR count). The van der Waals surface area contributed by atoms with Crippen LogP contribution in [0.3, 0.4) is 0 Å². The maximum atomic E-state index is 13.8. The molecule has 36 heavy (non-hydrogen) atoms. The van der Waals surface area contributed by atoms with E-state index in [1.54, 1.807) is 12.1 Å². The van der Waals surface area contributed by atoms with Crippen LogP contribution in [0.25, 0.3) is 0 Å². The van der Waals surface area contributed by atoms with Crippen molar-refractivity contribution in [1.29, 1.82) is 5.26 Å².